The molecule has 0 radical (unpaired) electrons. The smallest absolute Gasteiger partial charge is 0.341 e. The lowest BCUT2D eigenvalue weighted by atomic mass is 9.95. The van der Waals surface area contributed by atoms with Crippen molar-refractivity contribution in [2.24, 2.45) is 5.10 Å². The number of hydrogen-bond acceptors (Lipinski definition) is 9. The van der Waals surface area contributed by atoms with Crippen molar-refractivity contribution in [1.82, 2.24) is 5.43 Å². The molecule has 0 aliphatic heterocycles. The summed E-state index contributed by atoms with van der Waals surface area (Å²) < 4.78 is 22.1. The van der Waals surface area contributed by atoms with Crippen LogP contribution in [0.3, 0.4) is 0 Å². The van der Waals surface area contributed by atoms with E-state index in [1.165, 1.54) is 17.6 Å². The van der Waals surface area contributed by atoms with Crippen LogP contribution in [0.1, 0.15) is 77.3 Å². The van der Waals surface area contributed by atoms with Crippen LogP contribution in [0.4, 0.5) is 5.00 Å². The van der Waals surface area contributed by atoms with E-state index in [2.05, 4.69) is 15.8 Å². The maximum atomic E-state index is 13.1. The number of benzene rings is 2. The van der Waals surface area contributed by atoms with Gasteiger partial charge in [0.1, 0.15) is 10.8 Å². The fourth-order valence-electron chi connectivity index (χ4n) is 4.57. The molecule has 1 aliphatic carbocycles. The Kier molecular flexibility index (Phi) is 10.8. The van der Waals surface area contributed by atoms with E-state index < -0.39 is 18.0 Å². The van der Waals surface area contributed by atoms with Crippen molar-refractivity contribution in [3.8, 4) is 17.2 Å². The van der Waals surface area contributed by atoms with Gasteiger partial charge in [-0.3, -0.25) is 9.59 Å². The number of anilines is 1. The SMILES string of the molecule is CCOC(=O)c1c(NC(=O)c2ccc(OC(C)C(=O)NN=Cc3ccc(OC(C)C)c(OC)c3)cc2)sc2c1CCCC2. The minimum atomic E-state index is -0.849. The van der Waals surface area contributed by atoms with E-state index in [4.69, 9.17) is 18.9 Å². The van der Waals surface area contributed by atoms with Crippen LogP contribution in [0.25, 0.3) is 0 Å². The summed E-state index contributed by atoms with van der Waals surface area (Å²) in [6.45, 7) is 7.48. The Labute approximate surface area is 255 Å². The van der Waals surface area contributed by atoms with Crippen LogP contribution in [-0.4, -0.2) is 49.9 Å². The van der Waals surface area contributed by atoms with E-state index in [9.17, 15) is 14.4 Å². The number of esters is 1. The summed E-state index contributed by atoms with van der Waals surface area (Å²) in [5.41, 5.74) is 5.02. The van der Waals surface area contributed by atoms with Crippen LogP contribution in [0.5, 0.6) is 17.2 Å². The Morgan fingerprint density at radius 1 is 1.00 bits per heavy atom. The molecule has 0 saturated heterocycles. The third-order valence-electron chi connectivity index (χ3n) is 6.62. The van der Waals surface area contributed by atoms with Crippen molar-refractivity contribution in [2.75, 3.05) is 19.0 Å². The van der Waals surface area contributed by atoms with Crippen molar-refractivity contribution in [1.29, 1.82) is 0 Å². The maximum Gasteiger partial charge on any atom is 0.341 e. The highest BCUT2D eigenvalue weighted by Crippen LogP contribution is 2.39. The maximum absolute atomic E-state index is 13.1. The molecule has 10 nitrogen and oxygen atoms in total. The third kappa shape index (κ3) is 8.13. The Balaban J connectivity index is 1.34. The van der Waals surface area contributed by atoms with Crippen LogP contribution in [0.2, 0.25) is 0 Å². The molecule has 1 atom stereocenters. The highest BCUT2D eigenvalue weighted by atomic mass is 32.1. The number of amides is 2. The van der Waals surface area contributed by atoms with Crippen LogP contribution in [0, 0.1) is 0 Å². The van der Waals surface area contributed by atoms with Gasteiger partial charge in [-0.05, 0) is 107 Å². The van der Waals surface area contributed by atoms with Crippen LogP contribution in [0.15, 0.2) is 47.6 Å². The number of hydrogen-bond donors (Lipinski definition) is 2. The number of carbonyl (C=O) groups is 3. The van der Waals surface area contributed by atoms with Crippen molar-refractivity contribution in [3.63, 3.8) is 0 Å². The number of rotatable bonds is 12. The molecule has 4 rings (SSSR count). The molecule has 0 saturated carbocycles. The first-order chi connectivity index (χ1) is 20.7. The van der Waals surface area contributed by atoms with Gasteiger partial charge in [0.25, 0.3) is 11.8 Å². The Morgan fingerprint density at radius 3 is 2.44 bits per heavy atom. The second-order valence-corrected chi connectivity index (χ2v) is 11.3. The van der Waals surface area contributed by atoms with E-state index in [0.717, 1.165) is 36.1 Å². The van der Waals surface area contributed by atoms with Gasteiger partial charge in [0.2, 0.25) is 0 Å². The molecule has 1 aromatic heterocycles. The summed E-state index contributed by atoms with van der Waals surface area (Å²) in [6.07, 6.45) is 4.41. The zero-order valence-corrected chi connectivity index (χ0v) is 25.8. The number of nitrogens with one attached hydrogen (secondary N) is 2. The van der Waals surface area contributed by atoms with Gasteiger partial charge < -0.3 is 24.3 Å². The molecule has 3 aromatic rings. The molecule has 2 N–H and O–H groups in total. The lowest BCUT2D eigenvalue weighted by Crippen LogP contribution is -2.33. The fourth-order valence-corrected chi connectivity index (χ4v) is 5.84. The highest BCUT2D eigenvalue weighted by molar-refractivity contribution is 7.17. The van der Waals surface area contributed by atoms with E-state index in [0.29, 0.717) is 38.9 Å². The number of nitrogens with zero attached hydrogens (tertiary/aromatic N) is 1. The zero-order chi connectivity index (χ0) is 30.9. The lowest BCUT2D eigenvalue weighted by molar-refractivity contribution is -0.127. The topological polar surface area (TPSA) is 125 Å². The molecule has 2 amide bonds. The molecule has 1 heterocycles. The molecule has 1 unspecified atom stereocenters. The fraction of sp³-hybridized carbons (Fsp3) is 0.375. The third-order valence-corrected chi connectivity index (χ3v) is 7.82. The average Bonchev–Trinajstić information content (AvgIpc) is 3.35. The van der Waals surface area contributed by atoms with E-state index in [1.807, 2.05) is 13.8 Å². The number of carbonyl (C=O) groups excluding carboxylic acids is 3. The molecule has 228 valence electrons. The predicted molar refractivity (Wildman–Crippen MR) is 166 cm³/mol. The second-order valence-electron chi connectivity index (χ2n) is 10.2. The summed E-state index contributed by atoms with van der Waals surface area (Å²) in [5.74, 6) is 0.385. The van der Waals surface area contributed by atoms with Gasteiger partial charge in [0, 0.05) is 10.4 Å². The number of thiophene rings is 1. The van der Waals surface area contributed by atoms with E-state index >= 15 is 0 Å². The molecule has 2 aromatic carbocycles. The number of methoxy groups -OCH3 is 1. The summed E-state index contributed by atoms with van der Waals surface area (Å²) in [4.78, 5) is 39.4. The van der Waals surface area contributed by atoms with Crippen LogP contribution < -0.4 is 25.0 Å². The van der Waals surface area contributed by atoms with Gasteiger partial charge in [-0.2, -0.15) is 5.10 Å². The number of fused-ring (bicyclic) bond motifs is 1. The Bertz CT molecular complexity index is 1480. The quantitative estimate of drug-likeness (QED) is 0.152. The molecule has 0 fully saturated rings. The van der Waals surface area contributed by atoms with Gasteiger partial charge in [-0.25, -0.2) is 10.2 Å². The van der Waals surface area contributed by atoms with Gasteiger partial charge in [-0.1, -0.05) is 0 Å². The number of hydrazone groups is 1. The zero-order valence-electron chi connectivity index (χ0n) is 25.0. The van der Waals surface area contributed by atoms with Crippen molar-refractivity contribution in [3.05, 3.63) is 69.6 Å². The molecule has 0 bridgehead atoms. The number of aryl methyl sites for hydroxylation is 1. The lowest BCUT2D eigenvalue weighted by Gasteiger charge is -2.14. The molecule has 43 heavy (non-hydrogen) atoms. The first-order valence-electron chi connectivity index (χ1n) is 14.3. The number of ether oxygens (including phenoxy) is 4. The Hall–Kier alpha value is -4.38. The second kappa shape index (κ2) is 14.7. The summed E-state index contributed by atoms with van der Waals surface area (Å²) in [6, 6.07) is 11.8. The Morgan fingerprint density at radius 2 is 1.74 bits per heavy atom. The molecule has 0 spiro atoms. The van der Waals surface area contributed by atoms with Crippen LogP contribution >= 0.6 is 11.3 Å². The largest absolute Gasteiger partial charge is 0.493 e. The minimum absolute atomic E-state index is 0.00463. The van der Waals surface area contributed by atoms with Crippen molar-refractivity contribution >= 4 is 40.3 Å². The monoisotopic (exact) mass is 607 g/mol. The first kappa shape index (κ1) is 31.6. The van der Waals surface area contributed by atoms with E-state index in [1.54, 1.807) is 63.4 Å². The summed E-state index contributed by atoms with van der Waals surface area (Å²) in [7, 11) is 1.56. The predicted octanol–water partition coefficient (Wildman–Crippen LogP) is 5.77. The van der Waals surface area contributed by atoms with Crippen LogP contribution in [-0.2, 0) is 22.4 Å². The normalized spacial score (nSPS) is 13.3. The van der Waals surface area contributed by atoms with Gasteiger partial charge in [0.15, 0.2) is 17.6 Å². The molecule has 1 aliphatic rings. The van der Waals surface area contributed by atoms with E-state index in [-0.39, 0.29) is 18.6 Å². The molecular formula is C32H37N3O7S. The highest BCUT2D eigenvalue weighted by Gasteiger charge is 2.27. The first-order valence-corrected chi connectivity index (χ1v) is 15.1. The molecular weight excluding hydrogens is 570 g/mol. The van der Waals surface area contributed by atoms with Gasteiger partial charge in [-0.15, -0.1) is 11.3 Å². The van der Waals surface area contributed by atoms with Gasteiger partial charge in [0.05, 0.1) is 31.6 Å². The average molecular weight is 608 g/mol. The summed E-state index contributed by atoms with van der Waals surface area (Å²) in [5, 5.41) is 7.43. The van der Waals surface area contributed by atoms with Gasteiger partial charge >= 0.3 is 5.97 Å². The minimum Gasteiger partial charge on any atom is -0.493 e. The molecule has 11 heteroatoms. The van der Waals surface area contributed by atoms with Crippen molar-refractivity contribution in [2.45, 2.75) is 65.6 Å². The van der Waals surface area contributed by atoms with Crippen molar-refractivity contribution < 1.29 is 33.3 Å². The standard InChI is InChI=1S/C32H37N3O7S/c1-6-40-32(38)28-24-9-7-8-10-27(24)43-31(28)34-30(37)22-12-14-23(15-13-22)42-20(4)29(36)35-33-18-21-11-16-25(41-19(2)3)26(17-21)39-5/h11-20H,6-10H2,1-5H3,(H,34,37)(H,35,36). The summed E-state index contributed by atoms with van der Waals surface area (Å²) >= 11 is 1.44.